The van der Waals surface area contributed by atoms with Gasteiger partial charge < -0.3 is 25.2 Å². The Morgan fingerprint density at radius 1 is 1.16 bits per heavy atom. The highest BCUT2D eigenvalue weighted by atomic mass is 16.5. The van der Waals surface area contributed by atoms with Crippen molar-refractivity contribution in [3.05, 3.63) is 54.7 Å². The molecular weight excluding hydrogens is 484 g/mol. The number of para-hydroxylation sites is 1. The van der Waals surface area contributed by atoms with E-state index in [0.29, 0.717) is 62.1 Å². The first-order chi connectivity index (χ1) is 18.5. The van der Waals surface area contributed by atoms with Gasteiger partial charge in [-0.05, 0) is 36.8 Å². The summed E-state index contributed by atoms with van der Waals surface area (Å²) in [5.41, 5.74) is 2.51. The van der Waals surface area contributed by atoms with E-state index in [-0.39, 0.29) is 17.9 Å². The number of carbonyl (C=O) groups is 2. The Balaban J connectivity index is 1.41. The topological polar surface area (TPSA) is 128 Å². The molecule has 2 aliphatic rings. The zero-order chi connectivity index (χ0) is 26.2. The minimum atomic E-state index is -0.107. The zero-order valence-electron chi connectivity index (χ0n) is 21.0. The monoisotopic (exact) mass is 512 g/mol. The van der Waals surface area contributed by atoms with Crippen molar-refractivity contribution in [3.63, 3.8) is 0 Å². The van der Waals surface area contributed by atoms with E-state index in [1.54, 1.807) is 11.1 Å². The number of aromatic amines is 1. The van der Waals surface area contributed by atoms with E-state index in [0.717, 1.165) is 27.7 Å². The van der Waals surface area contributed by atoms with Crippen LogP contribution in [0.25, 0.3) is 21.8 Å². The van der Waals surface area contributed by atoms with Crippen LogP contribution in [0.4, 0.5) is 11.8 Å². The van der Waals surface area contributed by atoms with Crippen molar-refractivity contribution in [1.82, 2.24) is 30.4 Å². The molecule has 2 amide bonds. The Morgan fingerprint density at radius 3 is 2.76 bits per heavy atom. The lowest BCUT2D eigenvalue weighted by atomic mass is 10.1. The van der Waals surface area contributed by atoms with Crippen LogP contribution in [0.1, 0.15) is 12.0 Å². The number of aryl methyl sites for hydroxylation is 1. The fourth-order valence-electron chi connectivity index (χ4n) is 5.00. The average molecular weight is 513 g/mol. The normalized spacial score (nSPS) is 17.6. The number of benzene rings is 2. The van der Waals surface area contributed by atoms with Crippen molar-refractivity contribution in [2.75, 3.05) is 42.9 Å². The lowest BCUT2D eigenvalue weighted by molar-refractivity contribution is -0.126. The van der Waals surface area contributed by atoms with Gasteiger partial charge in [0.25, 0.3) is 0 Å². The molecule has 1 atom stereocenters. The number of rotatable bonds is 6. The predicted molar refractivity (Wildman–Crippen MR) is 144 cm³/mol. The fraction of sp³-hybridized carbons (Fsp3) is 0.296. The number of fused-ring (bicyclic) bond motifs is 2. The van der Waals surface area contributed by atoms with Crippen LogP contribution in [0.15, 0.2) is 49.2 Å². The summed E-state index contributed by atoms with van der Waals surface area (Å²) in [5.74, 6) is 2.40. The van der Waals surface area contributed by atoms with Crippen LogP contribution in [0.2, 0.25) is 0 Å². The molecule has 0 aliphatic carbocycles. The van der Waals surface area contributed by atoms with Crippen LogP contribution >= 0.6 is 0 Å². The summed E-state index contributed by atoms with van der Waals surface area (Å²) < 4.78 is 6.51. The van der Waals surface area contributed by atoms with Gasteiger partial charge in [0.05, 0.1) is 23.1 Å². The smallest absolute Gasteiger partial charge is 0.246 e. The Hall–Kier alpha value is -4.67. The van der Waals surface area contributed by atoms with Crippen LogP contribution in [0, 0.1) is 6.92 Å². The van der Waals surface area contributed by atoms with Gasteiger partial charge >= 0.3 is 0 Å². The van der Waals surface area contributed by atoms with Crippen molar-refractivity contribution in [1.29, 1.82) is 0 Å². The molecule has 0 spiro atoms. The van der Waals surface area contributed by atoms with Crippen molar-refractivity contribution >= 4 is 45.4 Å². The van der Waals surface area contributed by atoms with Crippen molar-refractivity contribution in [2.45, 2.75) is 19.4 Å². The Kier molecular flexibility index (Phi) is 6.02. The van der Waals surface area contributed by atoms with Crippen LogP contribution in [-0.2, 0) is 9.59 Å². The molecule has 11 heteroatoms. The van der Waals surface area contributed by atoms with E-state index in [1.807, 2.05) is 37.3 Å². The largest absolute Gasteiger partial charge is 0.454 e. The van der Waals surface area contributed by atoms with Crippen molar-refractivity contribution in [2.24, 2.45) is 0 Å². The summed E-state index contributed by atoms with van der Waals surface area (Å²) in [5, 5.41) is 15.1. The summed E-state index contributed by atoms with van der Waals surface area (Å²) >= 11 is 0. The number of piperazine rings is 1. The maximum atomic E-state index is 12.1. The molecule has 0 bridgehead atoms. The van der Waals surface area contributed by atoms with Gasteiger partial charge in [-0.15, -0.1) is 0 Å². The van der Waals surface area contributed by atoms with Gasteiger partial charge in [-0.1, -0.05) is 18.7 Å². The van der Waals surface area contributed by atoms with E-state index in [9.17, 15) is 9.59 Å². The lowest BCUT2D eigenvalue weighted by Crippen LogP contribution is -2.48. The summed E-state index contributed by atoms with van der Waals surface area (Å²) in [4.78, 5) is 37.6. The predicted octanol–water partition coefficient (Wildman–Crippen LogP) is 2.74. The van der Waals surface area contributed by atoms with Gasteiger partial charge in [0, 0.05) is 44.5 Å². The second kappa shape index (κ2) is 9.66. The molecule has 6 rings (SSSR count). The van der Waals surface area contributed by atoms with E-state index in [1.165, 1.54) is 6.08 Å². The van der Waals surface area contributed by atoms with Crippen molar-refractivity contribution < 1.29 is 14.3 Å². The van der Waals surface area contributed by atoms with E-state index in [2.05, 4.69) is 32.3 Å². The Labute approximate surface area is 218 Å². The number of ether oxygens (including phenoxy) is 1. The highest BCUT2D eigenvalue weighted by molar-refractivity contribution is 5.95. The molecule has 4 aromatic rings. The standard InChI is InChI=1S/C27H28N8O3/c1-3-23(37)34-9-11-35(12-10-34)26-18-5-4-6-21(38-25-16(2)7-8-20-19(25)15-29-33-20)24(18)31-27(32-26)30-17-13-22(36)28-14-17/h3-8,15,17H,1,9-14H2,2H3,(H,28,36)(H,29,33)(H,30,31,32). The Morgan fingerprint density at radius 2 is 2.00 bits per heavy atom. The number of H-pyrrole nitrogens is 1. The Bertz CT molecular complexity index is 1560. The SMILES string of the molecule is C=CC(=O)N1CCN(c2nc(NC3CNC(=O)C3)nc3c(Oc4c(C)ccc5[nH]ncc45)cccc23)CC1. The first kappa shape index (κ1) is 23.7. The van der Waals surface area contributed by atoms with Gasteiger partial charge in [0.1, 0.15) is 17.1 Å². The number of amides is 2. The number of aromatic nitrogens is 4. The van der Waals surface area contributed by atoms with Crippen LogP contribution < -0.4 is 20.3 Å². The number of anilines is 2. The third-order valence-corrected chi connectivity index (χ3v) is 7.03. The molecular formula is C27H28N8O3. The van der Waals surface area contributed by atoms with Gasteiger partial charge in [-0.2, -0.15) is 10.1 Å². The second-order valence-corrected chi connectivity index (χ2v) is 9.53. The van der Waals surface area contributed by atoms with E-state index < -0.39 is 0 Å². The van der Waals surface area contributed by atoms with Gasteiger partial charge in [-0.3, -0.25) is 14.7 Å². The zero-order valence-corrected chi connectivity index (χ0v) is 21.0. The molecule has 194 valence electrons. The number of hydrogen-bond acceptors (Lipinski definition) is 8. The molecule has 2 aliphatic heterocycles. The molecule has 11 nitrogen and oxygen atoms in total. The summed E-state index contributed by atoms with van der Waals surface area (Å²) in [7, 11) is 0. The molecule has 0 radical (unpaired) electrons. The quantitative estimate of drug-likeness (QED) is 0.337. The molecule has 2 fully saturated rings. The maximum absolute atomic E-state index is 12.1. The summed E-state index contributed by atoms with van der Waals surface area (Å²) in [6.07, 6.45) is 3.46. The fourth-order valence-corrected chi connectivity index (χ4v) is 5.00. The number of hydrogen-bond donors (Lipinski definition) is 3. The van der Waals surface area contributed by atoms with Crippen LogP contribution in [0.5, 0.6) is 11.5 Å². The third kappa shape index (κ3) is 4.36. The molecule has 2 saturated heterocycles. The minimum Gasteiger partial charge on any atom is -0.454 e. The molecule has 2 aromatic heterocycles. The summed E-state index contributed by atoms with van der Waals surface area (Å²) in [6, 6.07) is 9.66. The highest BCUT2D eigenvalue weighted by Crippen LogP contribution is 2.38. The number of nitrogens with one attached hydrogen (secondary N) is 3. The van der Waals surface area contributed by atoms with Crippen molar-refractivity contribution in [3.8, 4) is 11.5 Å². The van der Waals surface area contributed by atoms with Gasteiger partial charge in [0.15, 0.2) is 5.75 Å². The number of nitrogens with zero attached hydrogens (tertiary/aromatic N) is 5. The van der Waals surface area contributed by atoms with E-state index in [4.69, 9.17) is 14.7 Å². The maximum Gasteiger partial charge on any atom is 0.246 e. The molecule has 4 heterocycles. The van der Waals surface area contributed by atoms with Crippen LogP contribution in [0.3, 0.4) is 0 Å². The first-order valence-electron chi connectivity index (χ1n) is 12.6. The first-order valence-corrected chi connectivity index (χ1v) is 12.6. The number of carbonyl (C=O) groups excluding carboxylic acids is 2. The third-order valence-electron chi connectivity index (χ3n) is 7.03. The molecule has 0 saturated carbocycles. The second-order valence-electron chi connectivity index (χ2n) is 9.53. The molecule has 1 unspecified atom stereocenters. The van der Waals surface area contributed by atoms with Gasteiger partial charge in [-0.25, -0.2) is 4.98 Å². The molecule has 2 aromatic carbocycles. The van der Waals surface area contributed by atoms with Gasteiger partial charge in [0.2, 0.25) is 17.8 Å². The molecule has 3 N–H and O–H groups in total. The highest BCUT2D eigenvalue weighted by Gasteiger charge is 2.26. The van der Waals surface area contributed by atoms with Crippen LogP contribution in [-0.4, -0.2) is 75.6 Å². The summed E-state index contributed by atoms with van der Waals surface area (Å²) in [6.45, 7) is 8.48. The molecule has 38 heavy (non-hydrogen) atoms. The lowest BCUT2D eigenvalue weighted by Gasteiger charge is -2.35. The average Bonchev–Trinajstić information content (AvgIpc) is 3.58. The van der Waals surface area contributed by atoms with E-state index >= 15 is 0 Å². The minimum absolute atomic E-state index is 0.000718.